The topological polar surface area (TPSA) is 3.24 Å². The summed E-state index contributed by atoms with van der Waals surface area (Å²) in [6.07, 6.45) is 4.34. The zero-order valence-corrected chi connectivity index (χ0v) is 25.0. The van der Waals surface area contributed by atoms with Crippen molar-refractivity contribution in [1.29, 1.82) is 0 Å². The molecule has 0 aromatic heterocycles. The average Bonchev–Trinajstić information content (AvgIpc) is 3.13. The summed E-state index contributed by atoms with van der Waals surface area (Å²) in [6, 6.07) is 66.8. The highest BCUT2D eigenvalue weighted by Crippen LogP contribution is 2.38. The van der Waals surface area contributed by atoms with E-state index in [-0.39, 0.29) is 0 Å². The number of benzene rings is 7. The standard InChI is InChI=1S/C44H33N/c1-4-12-34(13-5-1)22-23-35-14-10-20-43(32-35)45(44-21-11-19-41(33-44)37-17-8-3-9-18-37)42-30-28-40(29-31-42)39-26-24-38(25-27-39)36-15-6-2-7-16-36/h1-33H/b23-22+. The number of hydrogen-bond acceptors (Lipinski definition) is 1. The van der Waals surface area contributed by atoms with E-state index in [1.54, 1.807) is 0 Å². The van der Waals surface area contributed by atoms with Gasteiger partial charge in [0, 0.05) is 17.1 Å². The number of nitrogens with zero attached hydrogens (tertiary/aromatic N) is 1. The summed E-state index contributed by atoms with van der Waals surface area (Å²) in [4.78, 5) is 2.34. The lowest BCUT2D eigenvalue weighted by Gasteiger charge is -2.26. The van der Waals surface area contributed by atoms with Crippen molar-refractivity contribution in [3.8, 4) is 33.4 Å². The van der Waals surface area contributed by atoms with E-state index in [0.717, 1.165) is 22.6 Å². The maximum Gasteiger partial charge on any atom is 0.0467 e. The number of hydrogen-bond donors (Lipinski definition) is 0. The highest BCUT2D eigenvalue weighted by atomic mass is 15.1. The van der Waals surface area contributed by atoms with Crippen molar-refractivity contribution >= 4 is 29.2 Å². The summed E-state index contributed by atoms with van der Waals surface area (Å²) < 4.78 is 0. The van der Waals surface area contributed by atoms with Crippen LogP contribution in [-0.4, -0.2) is 0 Å². The molecule has 0 amide bonds. The Morgan fingerprint density at radius 2 is 0.667 bits per heavy atom. The number of rotatable bonds is 8. The van der Waals surface area contributed by atoms with Gasteiger partial charge in [0.2, 0.25) is 0 Å². The Hall–Kier alpha value is -5.92. The lowest BCUT2D eigenvalue weighted by Crippen LogP contribution is -2.10. The molecule has 0 unspecified atom stereocenters. The second-order valence-electron chi connectivity index (χ2n) is 11.1. The van der Waals surface area contributed by atoms with E-state index in [1.165, 1.54) is 38.9 Å². The van der Waals surface area contributed by atoms with Gasteiger partial charge in [-0.05, 0) is 80.9 Å². The molecule has 0 radical (unpaired) electrons. The molecule has 7 rings (SSSR count). The minimum Gasteiger partial charge on any atom is -0.310 e. The monoisotopic (exact) mass is 575 g/mol. The van der Waals surface area contributed by atoms with E-state index >= 15 is 0 Å². The highest BCUT2D eigenvalue weighted by molar-refractivity contribution is 5.83. The summed E-state index contributed by atoms with van der Waals surface area (Å²) in [6.45, 7) is 0. The maximum absolute atomic E-state index is 2.34. The fourth-order valence-corrected chi connectivity index (χ4v) is 5.72. The summed E-state index contributed by atoms with van der Waals surface area (Å²) in [5.74, 6) is 0. The Morgan fingerprint density at radius 3 is 1.27 bits per heavy atom. The van der Waals surface area contributed by atoms with E-state index < -0.39 is 0 Å². The molecule has 0 saturated carbocycles. The molecule has 0 aliphatic carbocycles. The largest absolute Gasteiger partial charge is 0.310 e. The van der Waals surface area contributed by atoms with Gasteiger partial charge in [-0.2, -0.15) is 0 Å². The second kappa shape index (κ2) is 13.2. The maximum atomic E-state index is 2.34. The van der Waals surface area contributed by atoms with Crippen molar-refractivity contribution < 1.29 is 0 Å². The van der Waals surface area contributed by atoms with Gasteiger partial charge in [0.1, 0.15) is 0 Å². The SMILES string of the molecule is C(=C\c1cccc(N(c2ccc(-c3ccc(-c4ccccc4)cc3)cc2)c2cccc(-c3ccccc3)c2)c1)/c1ccccc1. The summed E-state index contributed by atoms with van der Waals surface area (Å²) in [5, 5.41) is 0. The Balaban J connectivity index is 1.25. The van der Waals surface area contributed by atoms with Crippen LogP contribution in [0.15, 0.2) is 188 Å². The zero-order valence-electron chi connectivity index (χ0n) is 25.0. The van der Waals surface area contributed by atoms with Crippen LogP contribution < -0.4 is 4.90 Å². The molecule has 0 spiro atoms. The van der Waals surface area contributed by atoms with Gasteiger partial charge in [0.25, 0.3) is 0 Å². The van der Waals surface area contributed by atoms with Crippen molar-refractivity contribution in [3.63, 3.8) is 0 Å². The second-order valence-corrected chi connectivity index (χ2v) is 11.1. The van der Waals surface area contributed by atoms with Gasteiger partial charge in [-0.3, -0.25) is 0 Å². The molecule has 0 heterocycles. The summed E-state index contributed by atoms with van der Waals surface area (Å²) in [7, 11) is 0. The molecular formula is C44H33N. The molecule has 0 fully saturated rings. The highest BCUT2D eigenvalue weighted by Gasteiger charge is 2.14. The first-order valence-electron chi connectivity index (χ1n) is 15.3. The van der Waals surface area contributed by atoms with Crippen LogP contribution in [0.3, 0.4) is 0 Å². The first-order valence-corrected chi connectivity index (χ1v) is 15.3. The Kier molecular flexibility index (Phi) is 8.15. The van der Waals surface area contributed by atoms with Crippen molar-refractivity contribution in [2.45, 2.75) is 0 Å². The van der Waals surface area contributed by atoms with Crippen LogP contribution in [0.4, 0.5) is 17.1 Å². The van der Waals surface area contributed by atoms with Crippen LogP contribution in [0, 0.1) is 0 Å². The van der Waals surface area contributed by atoms with Gasteiger partial charge in [0.05, 0.1) is 0 Å². The van der Waals surface area contributed by atoms with Gasteiger partial charge in [-0.15, -0.1) is 0 Å². The van der Waals surface area contributed by atoms with Gasteiger partial charge in [-0.25, -0.2) is 0 Å². The fourth-order valence-electron chi connectivity index (χ4n) is 5.72. The molecule has 214 valence electrons. The van der Waals surface area contributed by atoms with Crippen LogP contribution >= 0.6 is 0 Å². The Bertz CT molecular complexity index is 2010. The first kappa shape index (κ1) is 27.9. The predicted octanol–water partition coefficient (Wildman–Crippen LogP) is 12.3. The van der Waals surface area contributed by atoms with E-state index in [2.05, 4.69) is 199 Å². The van der Waals surface area contributed by atoms with Crippen molar-refractivity contribution in [2.24, 2.45) is 0 Å². The molecule has 7 aromatic carbocycles. The zero-order chi connectivity index (χ0) is 30.3. The summed E-state index contributed by atoms with van der Waals surface area (Å²) >= 11 is 0. The van der Waals surface area contributed by atoms with Gasteiger partial charge < -0.3 is 4.90 Å². The van der Waals surface area contributed by atoms with Crippen molar-refractivity contribution in [2.75, 3.05) is 4.90 Å². The smallest absolute Gasteiger partial charge is 0.0467 e. The molecule has 1 heteroatoms. The molecule has 0 bridgehead atoms. The van der Waals surface area contributed by atoms with Crippen LogP contribution in [-0.2, 0) is 0 Å². The predicted molar refractivity (Wildman–Crippen MR) is 193 cm³/mol. The van der Waals surface area contributed by atoms with E-state index in [4.69, 9.17) is 0 Å². The molecule has 1 nitrogen and oxygen atoms in total. The quantitative estimate of drug-likeness (QED) is 0.163. The molecule has 0 aliphatic rings. The van der Waals surface area contributed by atoms with Gasteiger partial charge in [0.15, 0.2) is 0 Å². The third-order valence-corrected chi connectivity index (χ3v) is 8.06. The average molecular weight is 576 g/mol. The van der Waals surface area contributed by atoms with Crippen molar-refractivity contribution in [1.82, 2.24) is 0 Å². The lowest BCUT2D eigenvalue weighted by atomic mass is 10.00. The minimum absolute atomic E-state index is 1.11. The fraction of sp³-hybridized carbons (Fsp3) is 0. The van der Waals surface area contributed by atoms with Crippen LogP contribution in [0.25, 0.3) is 45.5 Å². The Morgan fingerprint density at radius 1 is 0.267 bits per heavy atom. The molecular weight excluding hydrogens is 542 g/mol. The Labute approximate surface area is 266 Å². The molecule has 0 saturated heterocycles. The van der Waals surface area contributed by atoms with E-state index in [1.807, 2.05) is 6.07 Å². The molecule has 0 aliphatic heterocycles. The van der Waals surface area contributed by atoms with Crippen LogP contribution in [0.1, 0.15) is 11.1 Å². The molecule has 45 heavy (non-hydrogen) atoms. The first-order chi connectivity index (χ1) is 22.3. The third-order valence-electron chi connectivity index (χ3n) is 8.06. The molecule has 0 N–H and O–H groups in total. The summed E-state index contributed by atoms with van der Waals surface area (Å²) in [5.41, 5.74) is 12.9. The minimum atomic E-state index is 1.11. The lowest BCUT2D eigenvalue weighted by molar-refractivity contribution is 1.28. The van der Waals surface area contributed by atoms with E-state index in [0.29, 0.717) is 0 Å². The third kappa shape index (κ3) is 6.54. The normalized spacial score (nSPS) is 11.0. The van der Waals surface area contributed by atoms with Crippen LogP contribution in [0.2, 0.25) is 0 Å². The van der Waals surface area contributed by atoms with Crippen molar-refractivity contribution in [3.05, 3.63) is 199 Å². The van der Waals surface area contributed by atoms with E-state index in [9.17, 15) is 0 Å². The number of anilines is 3. The van der Waals surface area contributed by atoms with Gasteiger partial charge >= 0.3 is 0 Å². The van der Waals surface area contributed by atoms with Gasteiger partial charge in [-0.1, -0.05) is 164 Å². The molecule has 7 aromatic rings. The molecule has 0 atom stereocenters. The van der Waals surface area contributed by atoms with Crippen LogP contribution in [0.5, 0.6) is 0 Å².